The van der Waals surface area contributed by atoms with E-state index in [0.717, 1.165) is 23.7 Å². The third-order valence-electron chi connectivity index (χ3n) is 6.62. The van der Waals surface area contributed by atoms with E-state index in [1.54, 1.807) is 0 Å². The van der Waals surface area contributed by atoms with Gasteiger partial charge in [-0.3, -0.25) is 0 Å². The van der Waals surface area contributed by atoms with Gasteiger partial charge in [0.2, 0.25) is 0 Å². The first-order chi connectivity index (χ1) is 10.2. The lowest BCUT2D eigenvalue weighted by molar-refractivity contribution is -0.0234. The standard InChI is InChI=1S/C17H29NO3/c1-21-16(18-20)10-9-15(19)13-7-5-11-3-2-4-12-6-8-14(13)17(11)12/h11-17,19H,2-10H2,1H3. The van der Waals surface area contributed by atoms with E-state index in [9.17, 15) is 10.0 Å². The van der Waals surface area contributed by atoms with Gasteiger partial charge in [-0.15, -0.1) is 4.91 Å². The van der Waals surface area contributed by atoms with Crippen LogP contribution in [0.15, 0.2) is 5.18 Å². The highest BCUT2D eigenvalue weighted by molar-refractivity contribution is 4.99. The molecule has 0 aromatic heterocycles. The van der Waals surface area contributed by atoms with Crippen molar-refractivity contribution < 1.29 is 9.84 Å². The number of methoxy groups -OCH3 is 1. The maximum Gasteiger partial charge on any atom is 0.189 e. The SMILES string of the molecule is COC(CCC(O)C1CCC2CCCC3CCC1C23)N=O. The molecule has 0 amide bonds. The molecule has 7 atom stereocenters. The Balaban J connectivity index is 1.59. The number of hydrogen-bond donors (Lipinski definition) is 1. The number of rotatable bonds is 6. The monoisotopic (exact) mass is 295 g/mol. The Morgan fingerprint density at radius 2 is 1.81 bits per heavy atom. The fourth-order valence-electron chi connectivity index (χ4n) is 5.72. The smallest absolute Gasteiger partial charge is 0.189 e. The van der Waals surface area contributed by atoms with E-state index in [1.807, 2.05) is 0 Å². The van der Waals surface area contributed by atoms with Crippen LogP contribution in [0.4, 0.5) is 0 Å². The molecule has 0 saturated heterocycles. The molecule has 3 aliphatic rings. The molecule has 0 aromatic carbocycles. The van der Waals surface area contributed by atoms with E-state index in [4.69, 9.17) is 4.74 Å². The molecule has 120 valence electrons. The lowest BCUT2D eigenvalue weighted by Crippen LogP contribution is -2.41. The van der Waals surface area contributed by atoms with Crippen LogP contribution in [0.25, 0.3) is 0 Å². The van der Waals surface area contributed by atoms with Gasteiger partial charge in [0.05, 0.1) is 6.10 Å². The van der Waals surface area contributed by atoms with Crippen LogP contribution < -0.4 is 0 Å². The van der Waals surface area contributed by atoms with Gasteiger partial charge in [0.15, 0.2) is 6.23 Å². The molecular weight excluding hydrogens is 266 g/mol. The molecule has 21 heavy (non-hydrogen) atoms. The van der Waals surface area contributed by atoms with Crippen LogP contribution in [0.3, 0.4) is 0 Å². The molecule has 0 heterocycles. The van der Waals surface area contributed by atoms with Gasteiger partial charge in [-0.05, 0) is 73.3 Å². The second-order valence-corrected chi connectivity index (χ2v) is 7.45. The van der Waals surface area contributed by atoms with E-state index < -0.39 is 6.23 Å². The molecule has 4 heteroatoms. The average molecular weight is 295 g/mol. The predicted octanol–water partition coefficient (Wildman–Crippen LogP) is 3.72. The van der Waals surface area contributed by atoms with Gasteiger partial charge in [-0.1, -0.05) is 19.3 Å². The molecule has 0 bridgehead atoms. The summed E-state index contributed by atoms with van der Waals surface area (Å²) in [5.74, 6) is 3.93. The number of nitroso groups, excluding NO2 is 1. The van der Waals surface area contributed by atoms with Crippen molar-refractivity contribution in [2.45, 2.75) is 70.1 Å². The van der Waals surface area contributed by atoms with Crippen molar-refractivity contribution in [1.82, 2.24) is 0 Å². The number of aliphatic hydroxyl groups excluding tert-OH is 1. The highest BCUT2D eigenvalue weighted by Crippen LogP contribution is 2.57. The Bertz CT molecular complexity index is 362. The van der Waals surface area contributed by atoms with Crippen LogP contribution in [0.1, 0.15) is 57.8 Å². The van der Waals surface area contributed by atoms with E-state index >= 15 is 0 Å². The van der Waals surface area contributed by atoms with Gasteiger partial charge >= 0.3 is 0 Å². The van der Waals surface area contributed by atoms with E-state index in [0.29, 0.717) is 18.8 Å². The lowest BCUT2D eigenvalue weighted by atomic mass is 9.60. The van der Waals surface area contributed by atoms with E-state index in [1.165, 1.54) is 52.1 Å². The summed E-state index contributed by atoms with van der Waals surface area (Å²) in [6, 6.07) is 0. The maximum atomic E-state index is 10.6. The van der Waals surface area contributed by atoms with Crippen molar-refractivity contribution in [3.8, 4) is 0 Å². The molecule has 0 aliphatic heterocycles. The van der Waals surface area contributed by atoms with Crippen molar-refractivity contribution in [3.05, 3.63) is 4.91 Å². The highest BCUT2D eigenvalue weighted by Gasteiger charge is 2.49. The zero-order valence-corrected chi connectivity index (χ0v) is 13.1. The normalized spacial score (nSPS) is 41.3. The third kappa shape index (κ3) is 3.02. The third-order valence-corrected chi connectivity index (χ3v) is 6.62. The maximum absolute atomic E-state index is 10.6. The van der Waals surface area contributed by atoms with Gasteiger partial charge in [0, 0.05) is 7.11 Å². The van der Waals surface area contributed by atoms with Crippen LogP contribution in [-0.2, 0) is 4.74 Å². The first kappa shape index (κ1) is 15.4. The van der Waals surface area contributed by atoms with Gasteiger partial charge in [0.25, 0.3) is 0 Å². The molecule has 3 saturated carbocycles. The Morgan fingerprint density at radius 3 is 2.48 bits per heavy atom. The topological polar surface area (TPSA) is 58.9 Å². The minimum Gasteiger partial charge on any atom is -0.393 e. The minimum atomic E-state index is -0.595. The van der Waals surface area contributed by atoms with Crippen molar-refractivity contribution in [1.29, 1.82) is 0 Å². The van der Waals surface area contributed by atoms with Crippen LogP contribution in [0, 0.1) is 34.5 Å². The van der Waals surface area contributed by atoms with E-state index in [2.05, 4.69) is 5.18 Å². The Morgan fingerprint density at radius 1 is 1.10 bits per heavy atom. The first-order valence-corrected chi connectivity index (χ1v) is 8.78. The largest absolute Gasteiger partial charge is 0.393 e. The molecule has 3 fully saturated rings. The zero-order chi connectivity index (χ0) is 14.8. The minimum absolute atomic E-state index is 0.281. The number of ether oxygens (including phenoxy) is 1. The molecule has 0 aromatic rings. The molecule has 4 nitrogen and oxygen atoms in total. The number of aliphatic hydroxyl groups is 1. The van der Waals surface area contributed by atoms with E-state index in [-0.39, 0.29) is 6.10 Å². The fourth-order valence-corrected chi connectivity index (χ4v) is 5.72. The summed E-state index contributed by atoms with van der Waals surface area (Å²) in [4.78, 5) is 10.6. The fraction of sp³-hybridized carbons (Fsp3) is 1.00. The molecular formula is C17H29NO3. The van der Waals surface area contributed by atoms with Crippen LogP contribution in [0.2, 0.25) is 0 Å². The predicted molar refractivity (Wildman–Crippen MR) is 81.6 cm³/mol. The summed E-state index contributed by atoms with van der Waals surface area (Å²) < 4.78 is 4.99. The zero-order valence-electron chi connectivity index (χ0n) is 13.1. The second kappa shape index (κ2) is 6.74. The van der Waals surface area contributed by atoms with Crippen molar-refractivity contribution >= 4 is 0 Å². The average Bonchev–Trinajstić information content (AvgIpc) is 2.95. The van der Waals surface area contributed by atoms with Crippen molar-refractivity contribution in [2.75, 3.05) is 7.11 Å². The molecule has 3 aliphatic carbocycles. The van der Waals surface area contributed by atoms with Gasteiger partial charge < -0.3 is 9.84 Å². The van der Waals surface area contributed by atoms with Crippen molar-refractivity contribution in [3.63, 3.8) is 0 Å². The first-order valence-electron chi connectivity index (χ1n) is 8.78. The second-order valence-electron chi connectivity index (χ2n) is 7.45. The number of nitrogens with zero attached hydrogens (tertiary/aromatic N) is 1. The Kier molecular flexibility index (Phi) is 4.95. The Hall–Kier alpha value is -0.480. The quantitative estimate of drug-likeness (QED) is 0.760. The van der Waals surface area contributed by atoms with Crippen molar-refractivity contribution in [2.24, 2.45) is 34.8 Å². The van der Waals surface area contributed by atoms with Crippen LogP contribution in [-0.4, -0.2) is 24.5 Å². The molecule has 7 unspecified atom stereocenters. The summed E-state index contributed by atoms with van der Waals surface area (Å²) in [6.45, 7) is 0. The molecule has 1 N–H and O–H groups in total. The molecule has 0 radical (unpaired) electrons. The van der Waals surface area contributed by atoms with Crippen LogP contribution >= 0.6 is 0 Å². The summed E-state index contributed by atoms with van der Waals surface area (Å²) >= 11 is 0. The summed E-state index contributed by atoms with van der Waals surface area (Å²) in [5.41, 5.74) is 0. The summed E-state index contributed by atoms with van der Waals surface area (Å²) in [6.07, 6.45) is 9.74. The Labute approximate surface area is 127 Å². The van der Waals surface area contributed by atoms with Crippen LogP contribution in [0.5, 0.6) is 0 Å². The summed E-state index contributed by atoms with van der Waals surface area (Å²) in [7, 11) is 1.51. The lowest BCUT2D eigenvalue weighted by Gasteiger charge is -2.46. The molecule has 0 spiro atoms. The highest BCUT2D eigenvalue weighted by atomic mass is 16.5. The number of hydrogen-bond acceptors (Lipinski definition) is 4. The van der Waals surface area contributed by atoms with Gasteiger partial charge in [-0.25, -0.2) is 0 Å². The van der Waals surface area contributed by atoms with Gasteiger partial charge in [0.1, 0.15) is 0 Å². The molecule has 3 rings (SSSR count). The summed E-state index contributed by atoms with van der Waals surface area (Å²) in [5, 5.41) is 13.6. The van der Waals surface area contributed by atoms with Gasteiger partial charge in [-0.2, -0.15) is 0 Å².